The van der Waals surface area contributed by atoms with Crippen LogP contribution in [-0.2, 0) is 31.7 Å². The first kappa shape index (κ1) is 26.5. The number of anilines is 1. The fraction of sp³-hybridized carbons (Fsp3) is 0.115. The number of aromatic hydroxyl groups is 1. The molecule has 1 unspecified atom stereocenters. The zero-order chi connectivity index (χ0) is 28.3. The van der Waals surface area contributed by atoms with Crippen LogP contribution in [0.2, 0.25) is 0 Å². The molecule has 0 spiro atoms. The van der Waals surface area contributed by atoms with Gasteiger partial charge in [-0.2, -0.15) is 8.42 Å². The van der Waals surface area contributed by atoms with Gasteiger partial charge in [0, 0.05) is 36.3 Å². The van der Waals surface area contributed by atoms with Crippen LogP contribution in [0.4, 0.5) is 18.9 Å². The molecular weight excluding hydrogens is 555 g/mol. The lowest BCUT2D eigenvalue weighted by atomic mass is 10.00. The highest BCUT2D eigenvalue weighted by Crippen LogP contribution is 2.33. The minimum absolute atomic E-state index is 0.0224. The van der Waals surface area contributed by atoms with Crippen LogP contribution in [-0.4, -0.2) is 40.1 Å². The van der Waals surface area contributed by atoms with Crippen LogP contribution < -0.4 is 10.9 Å². The average Bonchev–Trinajstić information content (AvgIpc) is 2.80. The number of hydrogen-bond donors (Lipinski definition) is 2. The summed E-state index contributed by atoms with van der Waals surface area (Å²) in [6, 6.07) is 9.20. The number of amidine groups is 1. The summed E-state index contributed by atoms with van der Waals surface area (Å²) in [6.45, 7) is 0. The monoisotopic (exact) mass is 575 g/mol. The second-order valence-electron chi connectivity index (χ2n) is 9.26. The van der Waals surface area contributed by atoms with E-state index in [-0.39, 0.29) is 39.4 Å². The van der Waals surface area contributed by atoms with Gasteiger partial charge in [0.1, 0.15) is 33.7 Å². The second kappa shape index (κ2) is 9.27. The fourth-order valence-corrected chi connectivity index (χ4v) is 6.50. The molecule has 13 heteroatoms. The zero-order valence-corrected chi connectivity index (χ0v) is 21.9. The van der Waals surface area contributed by atoms with E-state index in [0.717, 1.165) is 28.8 Å². The molecule has 1 aliphatic rings. The molecular formula is C26H20F3N3O5S2. The summed E-state index contributed by atoms with van der Waals surface area (Å²) in [4.78, 5) is 13.2. The van der Waals surface area contributed by atoms with Gasteiger partial charge in [0.2, 0.25) is 0 Å². The maximum atomic E-state index is 14.1. The van der Waals surface area contributed by atoms with Crippen LogP contribution in [0, 0.1) is 17.5 Å². The number of hydrogen-bond acceptors (Lipinski definition) is 6. The third-order valence-corrected chi connectivity index (χ3v) is 8.24. The minimum Gasteiger partial charge on any atom is -0.507 e. The van der Waals surface area contributed by atoms with E-state index in [1.807, 2.05) is 0 Å². The van der Waals surface area contributed by atoms with E-state index in [9.17, 15) is 35.7 Å². The number of fused-ring (bicyclic) bond motifs is 2. The Morgan fingerprint density at radius 2 is 1.72 bits per heavy atom. The Labute approximate surface area is 221 Å². The van der Waals surface area contributed by atoms with Crippen molar-refractivity contribution >= 4 is 42.5 Å². The molecule has 1 atom stereocenters. The van der Waals surface area contributed by atoms with Crippen molar-refractivity contribution in [2.24, 2.45) is 4.40 Å². The molecule has 0 aliphatic carbocycles. The van der Waals surface area contributed by atoms with Gasteiger partial charge in [-0.15, -0.1) is 4.40 Å². The Morgan fingerprint density at radius 1 is 1.03 bits per heavy atom. The van der Waals surface area contributed by atoms with Crippen LogP contribution >= 0.6 is 0 Å². The highest BCUT2D eigenvalue weighted by molar-refractivity contribution is 7.98. The summed E-state index contributed by atoms with van der Waals surface area (Å²) >= 11 is 0. The molecule has 0 saturated heterocycles. The van der Waals surface area contributed by atoms with Gasteiger partial charge in [-0.05, 0) is 62.9 Å². The van der Waals surface area contributed by atoms with E-state index in [1.54, 1.807) is 0 Å². The van der Waals surface area contributed by atoms with Gasteiger partial charge in [-0.1, -0.05) is 6.07 Å². The van der Waals surface area contributed by atoms with Crippen LogP contribution in [0.5, 0.6) is 5.75 Å². The van der Waals surface area contributed by atoms with Crippen LogP contribution in [0.15, 0.2) is 68.8 Å². The number of pyridine rings is 2. The second-order valence-corrected chi connectivity index (χ2v) is 13.5. The standard InChI is InChI=1S/C26H20F3N3O5S2/c1-38(2,35)13-14-3-5-20-22(10-14)39(36,37)31-25(30-20)23-24(33)19(9-15-7-17(28)11-18(29)8-15)21-6-4-16(27)12-32(21)26(23)34/h3-8,10-12,33H,1,9,13H2,2H3,(H,30,31). The number of nitrogens with one attached hydrogen (secondary N) is 1. The van der Waals surface area contributed by atoms with Crippen molar-refractivity contribution in [2.45, 2.75) is 17.1 Å². The van der Waals surface area contributed by atoms with E-state index in [0.29, 0.717) is 11.6 Å². The molecule has 3 heterocycles. The summed E-state index contributed by atoms with van der Waals surface area (Å²) in [5.74, 6) is -0.172. The highest BCUT2D eigenvalue weighted by Gasteiger charge is 2.31. The number of benzene rings is 2. The Morgan fingerprint density at radius 3 is 2.38 bits per heavy atom. The molecule has 5 rings (SSSR count). The van der Waals surface area contributed by atoms with Gasteiger partial charge in [-0.3, -0.25) is 13.4 Å². The lowest BCUT2D eigenvalue weighted by Crippen LogP contribution is -2.31. The number of rotatable bonds is 5. The van der Waals surface area contributed by atoms with Crippen LogP contribution in [0.25, 0.3) is 5.52 Å². The van der Waals surface area contributed by atoms with E-state index >= 15 is 0 Å². The van der Waals surface area contributed by atoms with Crippen molar-refractivity contribution in [3.8, 4) is 5.75 Å². The lowest BCUT2D eigenvalue weighted by molar-refractivity contribution is 0.466. The normalized spacial score (nSPS) is 15.7. The van der Waals surface area contributed by atoms with Gasteiger partial charge in [0.25, 0.3) is 15.6 Å². The quantitative estimate of drug-likeness (QED) is 0.353. The molecule has 0 saturated carbocycles. The number of nitrogens with zero attached hydrogens (tertiary/aromatic N) is 2. The van der Waals surface area contributed by atoms with Crippen molar-refractivity contribution < 1.29 is 30.9 Å². The smallest absolute Gasteiger partial charge is 0.286 e. The van der Waals surface area contributed by atoms with Gasteiger partial charge >= 0.3 is 0 Å². The van der Waals surface area contributed by atoms with Crippen LogP contribution in [0.1, 0.15) is 22.3 Å². The van der Waals surface area contributed by atoms with Crippen molar-refractivity contribution in [1.29, 1.82) is 0 Å². The fourth-order valence-electron chi connectivity index (χ4n) is 4.44. The Hall–Kier alpha value is -4.10. The number of aromatic nitrogens is 1. The van der Waals surface area contributed by atoms with E-state index < -0.39 is 59.7 Å². The molecule has 2 aromatic carbocycles. The summed E-state index contributed by atoms with van der Waals surface area (Å²) in [5.41, 5.74) is -0.987. The Bertz CT molecular complexity index is 1980. The summed E-state index contributed by atoms with van der Waals surface area (Å²) in [7, 11) is -6.89. The highest BCUT2D eigenvalue weighted by atomic mass is 32.2. The predicted octanol–water partition coefficient (Wildman–Crippen LogP) is 3.42. The summed E-state index contributed by atoms with van der Waals surface area (Å²) < 4.78 is 84.7. The minimum atomic E-state index is -4.42. The zero-order valence-electron chi connectivity index (χ0n) is 20.2. The molecule has 0 radical (unpaired) electrons. The first-order valence-corrected chi connectivity index (χ1v) is 15.0. The van der Waals surface area contributed by atoms with Gasteiger partial charge < -0.3 is 10.4 Å². The maximum Gasteiger partial charge on any atom is 0.286 e. The molecule has 0 bridgehead atoms. The van der Waals surface area contributed by atoms with Gasteiger partial charge in [0.15, 0.2) is 5.84 Å². The molecule has 8 nitrogen and oxygen atoms in total. The summed E-state index contributed by atoms with van der Waals surface area (Å²) in [5, 5.41) is 14.0. The van der Waals surface area contributed by atoms with Crippen molar-refractivity contribution in [3.63, 3.8) is 0 Å². The summed E-state index contributed by atoms with van der Waals surface area (Å²) in [6.07, 6.45) is 1.99. The topological polar surface area (TPSA) is 117 Å². The molecule has 4 aromatic rings. The van der Waals surface area contributed by atoms with Crippen molar-refractivity contribution in [2.75, 3.05) is 11.6 Å². The van der Waals surface area contributed by atoms with E-state index in [1.165, 1.54) is 30.5 Å². The third-order valence-electron chi connectivity index (χ3n) is 5.98. The maximum absolute atomic E-state index is 14.1. The molecule has 0 fully saturated rings. The first-order valence-electron chi connectivity index (χ1n) is 11.3. The van der Waals surface area contributed by atoms with Crippen molar-refractivity contribution in [3.05, 3.63) is 105 Å². The lowest BCUT2D eigenvalue weighted by Gasteiger charge is -2.21. The SMILES string of the molecule is C=S(C)(=O)Cc1ccc2c(c1)S(=O)(=O)N=C(c1c(O)c(Cc3cc(F)cc(F)c3)c3ccc(F)cn3c1=O)N2. The van der Waals surface area contributed by atoms with Gasteiger partial charge in [-0.25, -0.2) is 13.2 Å². The molecule has 202 valence electrons. The largest absolute Gasteiger partial charge is 0.507 e. The number of sulfonamides is 1. The average molecular weight is 576 g/mol. The van der Waals surface area contributed by atoms with Crippen molar-refractivity contribution in [1.82, 2.24) is 4.40 Å². The first-order chi connectivity index (χ1) is 18.2. The Balaban J connectivity index is 1.71. The van der Waals surface area contributed by atoms with Crippen LogP contribution in [0.3, 0.4) is 0 Å². The molecule has 2 N–H and O–H groups in total. The number of halogens is 3. The van der Waals surface area contributed by atoms with E-state index in [4.69, 9.17) is 0 Å². The molecule has 1 aliphatic heterocycles. The Kier molecular flexibility index (Phi) is 6.30. The molecule has 39 heavy (non-hydrogen) atoms. The predicted molar refractivity (Wildman–Crippen MR) is 143 cm³/mol. The van der Waals surface area contributed by atoms with Gasteiger partial charge in [0.05, 0.1) is 11.2 Å². The molecule has 0 amide bonds. The van der Waals surface area contributed by atoms with E-state index in [2.05, 4.69) is 15.6 Å². The third kappa shape index (κ3) is 5.14. The molecule has 2 aromatic heterocycles.